The third-order valence-electron chi connectivity index (χ3n) is 3.80. The van der Waals surface area contributed by atoms with Crippen LogP contribution in [0.5, 0.6) is 0 Å². The van der Waals surface area contributed by atoms with Crippen LogP contribution in [-0.4, -0.2) is 54.0 Å². The highest BCUT2D eigenvalue weighted by atomic mass is 16.2. The van der Waals surface area contributed by atoms with Gasteiger partial charge >= 0.3 is 6.03 Å². The van der Waals surface area contributed by atoms with Gasteiger partial charge in [-0.05, 0) is 32.1 Å². The van der Waals surface area contributed by atoms with Crippen molar-refractivity contribution in [3.05, 3.63) is 0 Å². The summed E-state index contributed by atoms with van der Waals surface area (Å²) in [6.45, 7) is 4.89. The molecule has 2 saturated heterocycles. The Kier molecular flexibility index (Phi) is 4.44. The molecule has 0 bridgehead atoms. The second-order valence-electron chi connectivity index (χ2n) is 5.29. The molecule has 1 N–H and O–H groups in total. The van der Waals surface area contributed by atoms with E-state index < -0.39 is 0 Å². The van der Waals surface area contributed by atoms with Gasteiger partial charge in [0.25, 0.3) is 0 Å². The third kappa shape index (κ3) is 3.37. The Hall–Kier alpha value is -1.26. The highest BCUT2D eigenvalue weighted by Crippen LogP contribution is 2.15. The van der Waals surface area contributed by atoms with Crippen LogP contribution in [0, 0.1) is 0 Å². The predicted octanol–water partition coefficient (Wildman–Crippen LogP) is 1.19. The molecular formula is C13H23N3O2. The number of likely N-dealkylation sites (tertiary alicyclic amines) is 2. The maximum absolute atomic E-state index is 12.2. The summed E-state index contributed by atoms with van der Waals surface area (Å²) in [6, 6.07) is 0.434. The lowest BCUT2D eigenvalue weighted by Gasteiger charge is -2.37. The van der Waals surface area contributed by atoms with Gasteiger partial charge in [0.1, 0.15) is 0 Å². The molecule has 5 nitrogen and oxygen atoms in total. The summed E-state index contributed by atoms with van der Waals surface area (Å²) in [5.41, 5.74) is 0. The Morgan fingerprint density at radius 3 is 2.06 bits per heavy atom. The van der Waals surface area contributed by atoms with Gasteiger partial charge in [0.15, 0.2) is 0 Å². The lowest BCUT2D eigenvalue weighted by molar-refractivity contribution is -0.119. The van der Waals surface area contributed by atoms with Gasteiger partial charge < -0.3 is 15.1 Å². The third-order valence-corrected chi connectivity index (χ3v) is 3.80. The van der Waals surface area contributed by atoms with Crippen molar-refractivity contribution in [1.29, 1.82) is 0 Å². The first-order valence-corrected chi connectivity index (χ1v) is 6.98. The number of rotatable bonds is 1. The maximum atomic E-state index is 12.2. The van der Waals surface area contributed by atoms with Gasteiger partial charge in [-0.15, -0.1) is 0 Å². The molecule has 18 heavy (non-hydrogen) atoms. The second kappa shape index (κ2) is 6.07. The minimum absolute atomic E-state index is 0.0239. The molecule has 0 unspecified atom stereocenters. The van der Waals surface area contributed by atoms with Gasteiger partial charge in [-0.25, -0.2) is 4.79 Å². The van der Waals surface area contributed by atoms with Crippen LogP contribution in [0.3, 0.4) is 0 Å². The molecule has 0 radical (unpaired) electrons. The van der Waals surface area contributed by atoms with E-state index in [9.17, 15) is 9.59 Å². The van der Waals surface area contributed by atoms with Crippen LogP contribution in [0.1, 0.15) is 39.0 Å². The Morgan fingerprint density at radius 1 is 0.944 bits per heavy atom. The summed E-state index contributed by atoms with van der Waals surface area (Å²) in [7, 11) is 0. The summed E-state index contributed by atoms with van der Waals surface area (Å²) in [5.74, 6) is 0.0239. The standard InChI is InChI=1S/C13H23N3O2/c1-11(17)14-12-5-9-16(10-6-12)13(18)15-7-3-2-4-8-15/h12H,2-10H2,1H3,(H,14,17). The highest BCUT2D eigenvalue weighted by molar-refractivity contribution is 5.75. The van der Waals surface area contributed by atoms with Crippen molar-refractivity contribution in [2.75, 3.05) is 26.2 Å². The molecule has 2 heterocycles. The van der Waals surface area contributed by atoms with Crippen molar-refractivity contribution in [2.24, 2.45) is 0 Å². The molecule has 0 aliphatic carbocycles. The lowest BCUT2D eigenvalue weighted by Crippen LogP contribution is -2.51. The average Bonchev–Trinajstić information content (AvgIpc) is 2.39. The number of hydrogen-bond acceptors (Lipinski definition) is 2. The molecule has 5 heteroatoms. The van der Waals surface area contributed by atoms with E-state index in [-0.39, 0.29) is 18.0 Å². The fourth-order valence-electron chi connectivity index (χ4n) is 2.79. The fourth-order valence-corrected chi connectivity index (χ4v) is 2.79. The Balaban J connectivity index is 1.78. The zero-order chi connectivity index (χ0) is 13.0. The van der Waals surface area contributed by atoms with Crippen molar-refractivity contribution >= 4 is 11.9 Å². The van der Waals surface area contributed by atoms with Crippen LogP contribution in [0.4, 0.5) is 4.79 Å². The smallest absolute Gasteiger partial charge is 0.319 e. The SMILES string of the molecule is CC(=O)NC1CCN(C(=O)N2CCCCC2)CC1. The van der Waals surface area contributed by atoms with Gasteiger partial charge in [-0.3, -0.25) is 4.79 Å². The second-order valence-corrected chi connectivity index (χ2v) is 5.29. The van der Waals surface area contributed by atoms with E-state index in [0.29, 0.717) is 0 Å². The van der Waals surface area contributed by atoms with E-state index in [2.05, 4.69) is 5.32 Å². The van der Waals surface area contributed by atoms with Crippen LogP contribution >= 0.6 is 0 Å². The molecule has 2 fully saturated rings. The minimum Gasteiger partial charge on any atom is -0.353 e. The maximum Gasteiger partial charge on any atom is 0.319 e. The van der Waals surface area contributed by atoms with E-state index in [1.165, 1.54) is 6.42 Å². The molecule has 102 valence electrons. The van der Waals surface area contributed by atoms with Gasteiger partial charge in [-0.1, -0.05) is 0 Å². The largest absolute Gasteiger partial charge is 0.353 e. The van der Waals surface area contributed by atoms with E-state index in [4.69, 9.17) is 0 Å². The summed E-state index contributed by atoms with van der Waals surface area (Å²) in [5, 5.41) is 2.93. The number of urea groups is 1. The monoisotopic (exact) mass is 253 g/mol. The Labute approximate surface area is 108 Å². The molecule has 3 amide bonds. The number of carbonyl (C=O) groups is 2. The predicted molar refractivity (Wildman–Crippen MR) is 69.2 cm³/mol. The van der Waals surface area contributed by atoms with E-state index in [1.54, 1.807) is 6.92 Å². The first-order valence-electron chi connectivity index (χ1n) is 6.98. The summed E-state index contributed by atoms with van der Waals surface area (Å²) < 4.78 is 0. The topological polar surface area (TPSA) is 52.7 Å². The van der Waals surface area contributed by atoms with Crippen molar-refractivity contribution < 1.29 is 9.59 Å². The molecule has 0 spiro atoms. The number of nitrogens with zero attached hydrogens (tertiary/aromatic N) is 2. The number of piperidine rings is 2. The molecule has 2 rings (SSSR count). The van der Waals surface area contributed by atoms with E-state index >= 15 is 0 Å². The zero-order valence-electron chi connectivity index (χ0n) is 11.2. The molecular weight excluding hydrogens is 230 g/mol. The lowest BCUT2D eigenvalue weighted by atomic mass is 10.1. The van der Waals surface area contributed by atoms with Crippen LogP contribution in [0.25, 0.3) is 0 Å². The number of nitrogens with one attached hydrogen (secondary N) is 1. The highest BCUT2D eigenvalue weighted by Gasteiger charge is 2.27. The summed E-state index contributed by atoms with van der Waals surface area (Å²) in [6.07, 6.45) is 5.26. The minimum atomic E-state index is 0.0239. The fraction of sp³-hybridized carbons (Fsp3) is 0.846. The zero-order valence-corrected chi connectivity index (χ0v) is 11.2. The molecule has 0 saturated carbocycles. The van der Waals surface area contributed by atoms with Crippen LogP contribution < -0.4 is 5.32 Å². The molecule has 0 aromatic heterocycles. The van der Waals surface area contributed by atoms with Crippen LogP contribution in [0.2, 0.25) is 0 Å². The van der Waals surface area contributed by atoms with Crippen LogP contribution in [-0.2, 0) is 4.79 Å². The van der Waals surface area contributed by atoms with Gasteiger partial charge in [0.2, 0.25) is 5.91 Å². The van der Waals surface area contributed by atoms with Crippen molar-refractivity contribution in [3.63, 3.8) is 0 Å². The van der Waals surface area contributed by atoms with E-state index in [1.807, 2.05) is 9.80 Å². The van der Waals surface area contributed by atoms with Crippen molar-refractivity contribution in [3.8, 4) is 0 Å². The molecule has 0 atom stereocenters. The average molecular weight is 253 g/mol. The Bertz CT molecular complexity index is 305. The molecule has 0 aromatic rings. The number of carbonyl (C=O) groups excluding carboxylic acids is 2. The van der Waals surface area contributed by atoms with Crippen molar-refractivity contribution in [1.82, 2.24) is 15.1 Å². The van der Waals surface area contributed by atoms with Crippen molar-refractivity contribution in [2.45, 2.75) is 45.1 Å². The summed E-state index contributed by atoms with van der Waals surface area (Å²) >= 11 is 0. The molecule has 0 aromatic carbocycles. The van der Waals surface area contributed by atoms with Gasteiger partial charge in [-0.2, -0.15) is 0 Å². The number of hydrogen-bond donors (Lipinski definition) is 1. The quantitative estimate of drug-likeness (QED) is 0.763. The molecule has 2 aliphatic rings. The van der Waals surface area contributed by atoms with E-state index in [0.717, 1.165) is 51.9 Å². The van der Waals surface area contributed by atoms with Crippen LogP contribution in [0.15, 0.2) is 0 Å². The summed E-state index contributed by atoms with van der Waals surface area (Å²) in [4.78, 5) is 27.1. The first kappa shape index (κ1) is 13.2. The van der Waals surface area contributed by atoms with Gasteiger partial charge in [0, 0.05) is 39.1 Å². The first-order chi connectivity index (χ1) is 8.66. The normalized spacial score (nSPS) is 21.8. The van der Waals surface area contributed by atoms with Gasteiger partial charge in [0.05, 0.1) is 0 Å². The molecule has 2 aliphatic heterocycles. The number of amides is 3. The Morgan fingerprint density at radius 2 is 1.50 bits per heavy atom.